The van der Waals surface area contributed by atoms with Crippen LogP contribution >= 0.6 is 0 Å². The van der Waals surface area contributed by atoms with Crippen LogP contribution in [0.15, 0.2) is 43.0 Å². The van der Waals surface area contributed by atoms with E-state index in [1.807, 2.05) is 25.1 Å². The quantitative estimate of drug-likeness (QED) is 0.692. The first kappa shape index (κ1) is 14.4. The lowest BCUT2D eigenvalue weighted by Gasteiger charge is -2.18. The van der Waals surface area contributed by atoms with Gasteiger partial charge >= 0.3 is 5.97 Å². The number of aliphatic carboxylic acids is 1. The molecule has 0 fully saturated rings. The minimum atomic E-state index is -0.892. The molecule has 4 nitrogen and oxygen atoms in total. The predicted molar refractivity (Wildman–Crippen MR) is 70.4 cm³/mol. The van der Waals surface area contributed by atoms with Gasteiger partial charge in [-0.25, -0.2) is 0 Å². The fraction of sp³-hybridized carbons (Fsp3) is 0.357. The Labute approximate surface area is 107 Å². The Morgan fingerprint density at radius 3 is 2.72 bits per heavy atom. The van der Waals surface area contributed by atoms with Crippen LogP contribution in [0.25, 0.3) is 0 Å². The molecular weight excluding hydrogens is 230 g/mol. The van der Waals surface area contributed by atoms with E-state index < -0.39 is 12.0 Å². The molecule has 0 spiro atoms. The maximum atomic E-state index is 11.2. The fourth-order valence-electron chi connectivity index (χ4n) is 1.57. The summed E-state index contributed by atoms with van der Waals surface area (Å²) in [5, 5.41) is 12.2. The number of hydrogen-bond donors (Lipinski definition) is 2. The van der Waals surface area contributed by atoms with Gasteiger partial charge in [0.25, 0.3) is 0 Å². The number of carbonyl (C=O) groups is 1. The number of benzene rings is 1. The van der Waals surface area contributed by atoms with Crippen LogP contribution in [0.3, 0.4) is 0 Å². The molecule has 0 bridgehead atoms. The van der Waals surface area contributed by atoms with E-state index in [1.165, 1.54) is 0 Å². The van der Waals surface area contributed by atoms with E-state index in [0.717, 1.165) is 5.56 Å². The van der Waals surface area contributed by atoms with Crippen molar-refractivity contribution >= 4 is 5.97 Å². The van der Waals surface area contributed by atoms with E-state index in [-0.39, 0.29) is 6.10 Å². The number of hydrogen-bond acceptors (Lipinski definition) is 3. The molecule has 4 heteroatoms. The van der Waals surface area contributed by atoms with Crippen molar-refractivity contribution < 1.29 is 14.6 Å². The van der Waals surface area contributed by atoms with Crippen LogP contribution in [-0.4, -0.2) is 30.3 Å². The Morgan fingerprint density at radius 2 is 2.17 bits per heavy atom. The highest BCUT2D eigenvalue weighted by Crippen LogP contribution is 2.12. The summed E-state index contributed by atoms with van der Waals surface area (Å²) in [5.41, 5.74) is 0.737. The minimum Gasteiger partial charge on any atom is -0.480 e. The molecule has 1 aromatic rings. The average Bonchev–Trinajstić information content (AvgIpc) is 2.37. The van der Waals surface area contributed by atoms with Gasteiger partial charge in [-0.05, 0) is 12.5 Å². The number of rotatable bonds is 8. The van der Waals surface area contributed by atoms with Gasteiger partial charge in [-0.1, -0.05) is 36.4 Å². The molecule has 98 valence electrons. The minimum absolute atomic E-state index is 0.0615. The molecular formula is C14H19NO3. The molecule has 0 aliphatic rings. The number of carboxylic acid groups (broad SMARTS) is 1. The lowest BCUT2D eigenvalue weighted by Crippen LogP contribution is -2.34. The van der Waals surface area contributed by atoms with Gasteiger partial charge in [-0.15, -0.1) is 6.58 Å². The highest BCUT2D eigenvalue weighted by atomic mass is 16.5. The summed E-state index contributed by atoms with van der Waals surface area (Å²) >= 11 is 0. The molecule has 0 aliphatic carbocycles. The van der Waals surface area contributed by atoms with E-state index in [1.54, 1.807) is 18.2 Å². The van der Waals surface area contributed by atoms with E-state index in [2.05, 4.69) is 11.9 Å². The van der Waals surface area contributed by atoms with Crippen molar-refractivity contribution in [2.75, 3.05) is 13.2 Å². The van der Waals surface area contributed by atoms with Gasteiger partial charge in [0, 0.05) is 6.54 Å². The van der Waals surface area contributed by atoms with Crippen LogP contribution in [0, 0.1) is 0 Å². The molecule has 18 heavy (non-hydrogen) atoms. The molecule has 2 N–H and O–H groups in total. The summed E-state index contributed by atoms with van der Waals surface area (Å²) in [5.74, 6) is -0.892. The van der Waals surface area contributed by atoms with Gasteiger partial charge in [0.1, 0.15) is 6.04 Å². The van der Waals surface area contributed by atoms with E-state index in [9.17, 15) is 9.90 Å². The van der Waals surface area contributed by atoms with Gasteiger partial charge in [-0.2, -0.15) is 0 Å². The van der Waals surface area contributed by atoms with Crippen molar-refractivity contribution in [3.63, 3.8) is 0 Å². The number of nitrogens with one attached hydrogen (secondary N) is 1. The first-order chi connectivity index (χ1) is 8.65. The second-order valence-electron chi connectivity index (χ2n) is 4.02. The van der Waals surface area contributed by atoms with Gasteiger partial charge in [0.05, 0.1) is 12.7 Å². The Bertz CT molecular complexity index is 378. The Hall–Kier alpha value is -1.65. The summed E-state index contributed by atoms with van der Waals surface area (Å²) in [7, 11) is 0. The van der Waals surface area contributed by atoms with E-state index in [4.69, 9.17) is 4.74 Å². The standard InChI is InChI=1S/C14H19NO3/c1-3-9-18-11(2)10-15-13(14(16)17)12-7-5-4-6-8-12/h3-8,11,13,15H,1,9-10H2,2H3,(H,16,17). The van der Waals surface area contributed by atoms with Crippen molar-refractivity contribution in [1.82, 2.24) is 5.32 Å². The first-order valence-electron chi connectivity index (χ1n) is 5.88. The Kier molecular flexibility index (Phi) is 6.11. The van der Waals surface area contributed by atoms with Gasteiger partial charge in [0.2, 0.25) is 0 Å². The molecule has 2 unspecified atom stereocenters. The predicted octanol–water partition coefficient (Wildman–Crippen LogP) is 1.99. The van der Waals surface area contributed by atoms with Crippen molar-refractivity contribution in [2.24, 2.45) is 0 Å². The molecule has 0 saturated heterocycles. The topological polar surface area (TPSA) is 58.6 Å². The summed E-state index contributed by atoms with van der Waals surface area (Å²) in [6, 6.07) is 8.39. The molecule has 0 radical (unpaired) electrons. The lowest BCUT2D eigenvalue weighted by molar-refractivity contribution is -0.139. The molecule has 0 aliphatic heterocycles. The molecule has 1 aromatic carbocycles. The Morgan fingerprint density at radius 1 is 1.50 bits per heavy atom. The third-order valence-electron chi connectivity index (χ3n) is 2.49. The van der Waals surface area contributed by atoms with Crippen molar-refractivity contribution in [2.45, 2.75) is 19.1 Å². The molecule has 1 rings (SSSR count). The molecule has 0 amide bonds. The van der Waals surface area contributed by atoms with Crippen molar-refractivity contribution in [1.29, 1.82) is 0 Å². The van der Waals surface area contributed by atoms with Gasteiger partial charge < -0.3 is 9.84 Å². The van der Waals surface area contributed by atoms with E-state index in [0.29, 0.717) is 13.2 Å². The molecule has 0 saturated carbocycles. The zero-order chi connectivity index (χ0) is 13.4. The second kappa shape index (κ2) is 7.63. The average molecular weight is 249 g/mol. The fourth-order valence-corrected chi connectivity index (χ4v) is 1.57. The molecule has 0 heterocycles. The van der Waals surface area contributed by atoms with Crippen LogP contribution in [0.2, 0.25) is 0 Å². The van der Waals surface area contributed by atoms with Crippen LogP contribution in [0.5, 0.6) is 0 Å². The zero-order valence-corrected chi connectivity index (χ0v) is 10.5. The maximum absolute atomic E-state index is 11.2. The van der Waals surface area contributed by atoms with Crippen molar-refractivity contribution in [3.8, 4) is 0 Å². The number of carboxylic acids is 1. The highest BCUT2D eigenvalue weighted by molar-refractivity contribution is 5.75. The van der Waals surface area contributed by atoms with Gasteiger partial charge in [0.15, 0.2) is 0 Å². The van der Waals surface area contributed by atoms with Crippen LogP contribution < -0.4 is 5.32 Å². The maximum Gasteiger partial charge on any atom is 0.325 e. The van der Waals surface area contributed by atoms with Gasteiger partial charge in [-0.3, -0.25) is 10.1 Å². The zero-order valence-electron chi connectivity index (χ0n) is 10.5. The third kappa shape index (κ3) is 4.69. The SMILES string of the molecule is C=CCOC(C)CNC(C(=O)O)c1ccccc1. The highest BCUT2D eigenvalue weighted by Gasteiger charge is 2.19. The largest absolute Gasteiger partial charge is 0.480 e. The smallest absolute Gasteiger partial charge is 0.325 e. The summed E-state index contributed by atoms with van der Waals surface area (Å²) in [6.45, 7) is 6.39. The first-order valence-corrected chi connectivity index (χ1v) is 5.88. The third-order valence-corrected chi connectivity index (χ3v) is 2.49. The van der Waals surface area contributed by atoms with Crippen LogP contribution in [-0.2, 0) is 9.53 Å². The Balaban J connectivity index is 2.54. The summed E-state index contributed by atoms with van der Waals surface area (Å²) in [6.07, 6.45) is 1.61. The number of ether oxygens (including phenoxy) is 1. The molecule has 2 atom stereocenters. The monoisotopic (exact) mass is 249 g/mol. The van der Waals surface area contributed by atoms with Crippen molar-refractivity contribution in [3.05, 3.63) is 48.6 Å². The summed E-state index contributed by atoms with van der Waals surface area (Å²) in [4.78, 5) is 11.2. The second-order valence-corrected chi connectivity index (χ2v) is 4.02. The van der Waals surface area contributed by atoms with Crippen LogP contribution in [0.1, 0.15) is 18.5 Å². The lowest BCUT2D eigenvalue weighted by atomic mass is 10.1. The summed E-state index contributed by atoms with van der Waals surface area (Å²) < 4.78 is 5.38. The molecule has 0 aromatic heterocycles. The van der Waals surface area contributed by atoms with Crippen LogP contribution in [0.4, 0.5) is 0 Å². The normalized spacial score (nSPS) is 13.8. The van der Waals surface area contributed by atoms with E-state index >= 15 is 0 Å².